The number of methoxy groups -OCH3 is 1. The van der Waals surface area contributed by atoms with E-state index in [9.17, 15) is 4.79 Å². The van der Waals surface area contributed by atoms with Crippen LogP contribution in [0.4, 0.5) is 0 Å². The van der Waals surface area contributed by atoms with Gasteiger partial charge in [-0.05, 0) is 20.0 Å². The lowest BCUT2D eigenvalue weighted by Gasteiger charge is -2.16. The predicted molar refractivity (Wildman–Crippen MR) is 65.5 cm³/mol. The molecule has 0 aliphatic rings. The molecule has 1 amide bonds. The summed E-state index contributed by atoms with van der Waals surface area (Å²) in [7, 11) is 5.45. The first-order valence-electron chi connectivity index (χ1n) is 5.79. The minimum Gasteiger partial charge on any atom is -0.383 e. The summed E-state index contributed by atoms with van der Waals surface area (Å²) in [4.78, 5) is 13.1. The Labute approximate surface area is 98.5 Å². The van der Waals surface area contributed by atoms with Crippen LogP contribution in [0.15, 0.2) is 0 Å². The van der Waals surface area contributed by atoms with E-state index in [1.807, 2.05) is 0 Å². The number of ether oxygens (including phenoxy) is 1. The van der Waals surface area contributed by atoms with Crippen LogP contribution >= 0.6 is 0 Å². The zero-order valence-corrected chi connectivity index (χ0v) is 10.7. The van der Waals surface area contributed by atoms with Crippen LogP contribution in [0.3, 0.4) is 0 Å². The van der Waals surface area contributed by atoms with Crippen LogP contribution in [-0.4, -0.2) is 64.8 Å². The number of nitrogens with one attached hydrogen (secondary N) is 2. The van der Waals surface area contributed by atoms with Crippen molar-refractivity contribution in [1.29, 1.82) is 0 Å². The molecule has 0 aliphatic heterocycles. The fraction of sp³-hybridized carbons (Fsp3) is 0.909. The van der Waals surface area contributed by atoms with Crippen LogP contribution in [0.2, 0.25) is 0 Å². The third kappa shape index (κ3) is 9.89. The van der Waals surface area contributed by atoms with Gasteiger partial charge in [0.05, 0.1) is 6.61 Å². The lowest BCUT2D eigenvalue weighted by atomic mass is 10.3. The van der Waals surface area contributed by atoms with Gasteiger partial charge in [0.1, 0.15) is 0 Å². The second-order valence-corrected chi connectivity index (χ2v) is 3.82. The fourth-order valence-corrected chi connectivity index (χ4v) is 1.25. The van der Waals surface area contributed by atoms with Gasteiger partial charge in [-0.3, -0.25) is 4.79 Å². The summed E-state index contributed by atoms with van der Waals surface area (Å²) in [6.45, 7) is 4.58. The van der Waals surface area contributed by atoms with Gasteiger partial charge >= 0.3 is 0 Å². The second-order valence-electron chi connectivity index (χ2n) is 3.82. The van der Waals surface area contributed by atoms with E-state index in [-0.39, 0.29) is 5.91 Å². The number of hydrogen-bond acceptors (Lipinski definition) is 4. The van der Waals surface area contributed by atoms with Crippen molar-refractivity contribution < 1.29 is 9.53 Å². The topological polar surface area (TPSA) is 53.6 Å². The van der Waals surface area contributed by atoms with Crippen molar-refractivity contribution in [2.45, 2.75) is 12.8 Å². The molecule has 0 saturated carbocycles. The first kappa shape index (κ1) is 15.3. The van der Waals surface area contributed by atoms with Gasteiger partial charge in [-0.2, -0.15) is 0 Å². The summed E-state index contributed by atoms with van der Waals surface area (Å²) in [6, 6.07) is 0. The zero-order chi connectivity index (χ0) is 12.2. The Morgan fingerprint density at radius 1 is 1.31 bits per heavy atom. The van der Waals surface area contributed by atoms with Gasteiger partial charge in [0, 0.05) is 40.2 Å². The molecule has 0 atom stereocenters. The molecule has 16 heavy (non-hydrogen) atoms. The van der Waals surface area contributed by atoms with Gasteiger partial charge in [0.2, 0.25) is 5.91 Å². The highest BCUT2D eigenvalue weighted by Crippen LogP contribution is 1.86. The summed E-state index contributed by atoms with van der Waals surface area (Å²) in [5.74, 6) is 0.110. The van der Waals surface area contributed by atoms with Crippen molar-refractivity contribution in [2.24, 2.45) is 0 Å². The molecule has 5 heteroatoms. The molecule has 2 N–H and O–H groups in total. The molecule has 0 heterocycles. The molecule has 0 unspecified atom stereocenters. The van der Waals surface area contributed by atoms with Crippen LogP contribution in [0.1, 0.15) is 12.8 Å². The van der Waals surface area contributed by atoms with E-state index in [4.69, 9.17) is 4.74 Å². The van der Waals surface area contributed by atoms with E-state index in [2.05, 4.69) is 22.6 Å². The Balaban J connectivity index is 3.17. The highest BCUT2D eigenvalue weighted by Gasteiger charge is 1.98. The molecule has 0 fully saturated rings. The maximum absolute atomic E-state index is 10.9. The van der Waals surface area contributed by atoms with Crippen molar-refractivity contribution in [1.82, 2.24) is 15.5 Å². The highest BCUT2D eigenvalue weighted by molar-refractivity contribution is 5.75. The third-order valence-electron chi connectivity index (χ3n) is 2.38. The van der Waals surface area contributed by atoms with Crippen LogP contribution in [0, 0.1) is 0 Å². The summed E-state index contributed by atoms with van der Waals surface area (Å²) < 4.78 is 4.99. The SMILES string of the molecule is CNC(=O)CCCNCCN(C)CCOC. The molecular formula is C11H25N3O2. The first-order valence-corrected chi connectivity index (χ1v) is 5.79. The Morgan fingerprint density at radius 3 is 2.69 bits per heavy atom. The monoisotopic (exact) mass is 231 g/mol. The lowest BCUT2D eigenvalue weighted by molar-refractivity contribution is -0.120. The van der Waals surface area contributed by atoms with E-state index in [0.717, 1.165) is 39.2 Å². The number of carbonyl (C=O) groups excluding carboxylic acids is 1. The highest BCUT2D eigenvalue weighted by atomic mass is 16.5. The normalized spacial score (nSPS) is 10.8. The molecule has 0 aromatic heterocycles. The molecule has 0 aliphatic carbocycles. The standard InChI is InChI=1S/C11H25N3O2/c1-12-11(15)5-4-6-13-7-8-14(2)9-10-16-3/h13H,4-10H2,1-3H3,(H,12,15). The molecule has 96 valence electrons. The van der Waals surface area contributed by atoms with Gasteiger partial charge in [-0.25, -0.2) is 0 Å². The molecule has 0 aromatic rings. The van der Waals surface area contributed by atoms with Crippen molar-refractivity contribution in [3.63, 3.8) is 0 Å². The van der Waals surface area contributed by atoms with E-state index < -0.39 is 0 Å². The van der Waals surface area contributed by atoms with Crippen molar-refractivity contribution >= 4 is 5.91 Å². The van der Waals surface area contributed by atoms with Crippen LogP contribution in [-0.2, 0) is 9.53 Å². The Bertz CT molecular complexity index is 177. The maximum Gasteiger partial charge on any atom is 0.219 e. The maximum atomic E-state index is 10.9. The lowest BCUT2D eigenvalue weighted by Crippen LogP contribution is -2.32. The van der Waals surface area contributed by atoms with Crippen LogP contribution < -0.4 is 10.6 Å². The Kier molecular flexibility index (Phi) is 10.4. The smallest absolute Gasteiger partial charge is 0.219 e. The minimum atomic E-state index is 0.110. The molecule has 5 nitrogen and oxygen atoms in total. The number of rotatable bonds is 10. The zero-order valence-electron chi connectivity index (χ0n) is 10.7. The van der Waals surface area contributed by atoms with Crippen LogP contribution in [0.5, 0.6) is 0 Å². The minimum absolute atomic E-state index is 0.110. The Hall–Kier alpha value is -0.650. The number of amides is 1. The summed E-state index contributed by atoms with van der Waals surface area (Å²) in [6.07, 6.45) is 1.49. The fourth-order valence-electron chi connectivity index (χ4n) is 1.25. The number of nitrogens with zero attached hydrogens (tertiary/aromatic N) is 1. The molecule has 0 bridgehead atoms. The molecule has 0 aromatic carbocycles. The average molecular weight is 231 g/mol. The predicted octanol–water partition coefficient (Wildman–Crippen LogP) is -0.320. The average Bonchev–Trinajstić information content (AvgIpc) is 2.30. The largest absolute Gasteiger partial charge is 0.383 e. The van der Waals surface area contributed by atoms with Gasteiger partial charge in [-0.1, -0.05) is 0 Å². The van der Waals surface area contributed by atoms with Crippen molar-refractivity contribution in [3.05, 3.63) is 0 Å². The van der Waals surface area contributed by atoms with Gasteiger partial charge in [0.15, 0.2) is 0 Å². The quantitative estimate of drug-likeness (QED) is 0.506. The number of likely N-dealkylation sites (N-methyl/N-ethyl adjacent to an activating group) is 1. The van der Waals surface area contributed by atoms with Crippen molar-refractivity contribution in [3.8, 4) is 0 Å². The van der Waals surface area contributed by atoms with Crippen molar-refractivity contribution in [2.75, 3.05) is 54.0 Å². The van der Waals surface area contributed by atoms with E-state index in [1.165, 1.54) is 0 Å². The summed E-state index contributed by atoms with van der Waals surface area (Å²) in [5.41, 5.74) is 0. The summed E-state index contributed by atoms with van der Waals surface area (Å²) in [5, 5.41) is 5.92. The molecular weight excluding hydrogens is 206 g/mol. The third-order valence-corrected chi connectivity index (χ3v) is 2.38. The van der Waals surface area contributed by atoms with E-state index >= 15 is 0 Å². The molecule has 0 rings (SSSR count). The first-order chi connectivity index (χ1) is 7.70. The Morgan fingerprint density at radius 2 is 2.06 bits per heavy atom. The molecule has 0 radical (unpaired) electrons. The summed E-state index contributed by atoms with van der Waals surface area (Å²) >= 11 is 0. The van der Waals surface area contributed by atoms with Crippen LogP contribution in [0.25, 0.3) is 0 Å². The van der Waals surface area contributed by atoms with Gasteiger partial charge in [-0.15, -0.1) is 0 Å². The van der Waals surface area contributed by atoms with E-state index in [0.29, 0.717) is 6.42 Å². The molecule has 0 spiro atoms. The number of hydrogen-bond donors (Lipinski definition) is 2. The van der Waals surface area contributed by atoms with Gasteiger partial charge in [0.25, 0.3) is 0 Å². The van der Waals surface area contributed by atoms with Gasteiger partial charge < -0.3 is 20.3 Å². The number of carbonyl (C=O) groups is 1. The molecule has 0 saturated heterocycles. The van der Waals surface area contributed by atoms with E-state index in [1.54, 1.807) is 14.2 Å². The second kappa shape index (κ2) is 10.9.